The van der Waals surface area contributed by atoms with Crippen molar-refractivity contribution >= 4 is 48.3 Å². The number of H-pyrrole nitrogens is 1. The maximum Gasteiger partial charge on any atom is 0.0737 e. The third-order valence-electron chi connectivity index (χ3n) is 2.08. The smallest absolute Gasteiger partial charge is 0.0737 e. The summed E-state index contributed by atoms with van der Waals surface area (Å²) in [6.45, 7) is 0. The highest BCUT2D eigenvalue weighted by Crippen LogP contribution is 2.33. The zero-order chi connectivity index (χ0) is 8.84. The molecule has 0 aliphatic carbocycles. The van der Waals surface area contributed by atoms with Crippen LogP contribution in [0.3, 0.4) is 0 Å². The predicted molar refractivity (Wildman–Crippen MR) is 59.2 cm³/mol. The zero-order valence-corrected chi connectivity index (χ0v) is 8.95. The van der Waals surface area contributed by atoms with Gasteiger partial charge in [-0.25, -0.2) is 0 Å². The van der Waals surface area contributed by atoms with Crippen LogP contribution in [-0.2, 0) is 0 Å². The van der Waals surface area contributed by atoms with E-state index in [9.17, 15) is 0 Å². The van der Waals surface area contributed by atoms with Crippen LogP contribution in [0, 0.1) is 0 Å². The van der Waals surface area contributed by atoms with Gasteiger partial charge in [-0.3, -0.25) is 5.10 Å². The second-order valence-corrected chi connectivity index (χ2v) is 5.33. The number of hydrogen-bond acceptors (Lipinski definition) is 2. The van der Waals surface area contributed by atoms with Gasteiger partial charge in [0, 0.05) is 15.5 Å². The largest absolute Gasteiger partial charge is 0.277 e. The normalized spacial score (nSPS) is 11.5. The first-order valence-electron chi connectivity index (χ1n) is 3.86. The van der Waals surface area contributed by atoms with Crippen LogP contribution in [0.1, 0.15) is 0 Å². The molecule has 0 fully saturated rings. The Morgan fingerprint density at radius 2 is 2.31 bits per heavy atom. The van der Waals surface area contributed by atoms with Crippen molar-refractivity contribution in [2.75, 3.05) is 0 Å². The molecule has 0 saturated heterocycles. The van der Waals surface area contributed by atoms with Gasteiger partial charge in [0.25, 0.3) is 0 Å². The summed E-state index contributed by atoms with van der Waals surface area (Å²) in [4.78, 5) is 0. The number of halogens is 1. The van der Waals surface area contributed by atoms with E-state index in [-0.39, 0.29) is 0 Å². The second kappa shape index (κ2) is 2.56. The molecule has 0 radical (unpaired) electrons. The van der Waals surface area contributed by atoms with Gasteiger partial charge in [-0.2, -0.15) is 5.10 Å². The van der Waals surface area contributed by atoms with Gasteiger partial charge in [0.2, 0.25) is 0 Å². The average molecular weight is 253 g/mol. The summed E-state index contributed by atoms with van der Waals surface area (Å²) in [5, 5.41) is 9.44. The number of hydrogen-bond donors (Lipinski definition) is 1. The lowest BCUT2D eigenvalue weighted by Gasteiger charge is -1.89. The minimum Gasteiger partial charge on any atom is -0.277 e. The van der Waals surface area contributed by atoms with E-state index in [2.05, 4.69) is 44.3 Å². The van der Waals surface area contributed by atoms with Crippen molar-refractivity contribution in [2.24, 2.45) is 0 Å². The lowest BCUT2D eigenvalue weighted by atomic mass is 10.2. The molecule has 1 aromatic carbocycles. The van der Waals surface area contributed by atoms with E-state index >= 15 is 0 Å². The first-order chi connectivity index (χ1) is 6.34. The van der Waals surface area contributed by atoms with Crippen molar-refractivity contribution in [3.05, 3.63) is 28.2 Å². The molecule has 0 saturated carbocycles. The summed E-state index contributed by atoms with van der Waals surface area (Å²) in [6, 6.07) is 6.34. The molecular formula is C9H5BrN2S. The number of nitrogens with zero attached hydrogens (tertiary/aromatic N) is 1. The Morgan fingerprint density at radius 1 is 1.38 bits per heavy atom. The number of aromatic amines is 1. The quantitative estimate of drug-likeness (QED) is 0.652. The third kappa shape index (κ3) is 1.02. The summed E-state index contributed by atoms with van der Waals surface area (Å²) in [5.74, 6) is 0. The number of aromatic nitrogens is 2. The Labute approximate surface area is 86.7 Å². The molecule has 0 unspecified atom stereocenters. The molecule has 4 heteroatoms. The van der Waals surface area contributed by atoms with Crippen LogP contribution in [0.25, 0.3) is 21.0 Å². The fraction of sp³-hybridized carbons (Fsp3) is 0. The molecule has 0 aliphatic rings. The van der Waals surface area contributed by atoms with Crippen molar-refractivity contribution in [1.82, 2.24) is 10.2 Å². The second-order valence-electron chi connectivity index (χ2n) is 2.86. The van der Waals surface area contributed by atoms with Gasteiger partial charge in [0.15, 0.2) is 0 Å². The molecule has 3 rings (SSSR count). The molecule has 64 valence electrons. The highest BCUT2D eigenvalue weighted by molar-refractivity contribution is 9.11. The Kier molecular flexibility index (Phi) is 1.48. The van der Waals surface area contributed by atoms with Crippen LogP contribution in [0.15, 0.2) is 28.2 Å². The molecule has 0 bridgehead atoms. The standard InChI is InChI=1S/C9H5BrN2S/c10-8-3-6-7(13-8)2-1-5-4-11-12-9(5)6/h1-4H,(H,11,12). The summed E-state index contributed by atoms with van der Waals surface area (Å²) < 4.78 is 2.44. The fourth-order valence-electron chi connectivity index (χ4n) is 1.50. The van der Waals surface area contributed by atoms with Gasteiger partial charge < -0.3 is 0 Å². The number of fused-ring (bicyclic) bond motifs is 3. The van der Waals surface area contributed by atoms with Gasteiger partial charge in [-0.05, 0) is 34.1 Å². The van der Waals surface area contributed by atoms with Crippen molar-refractivity contribution in [3.63, 3.8) is 0 Å². The van der Waals surface area contributed by atoms with E-state index in [0.29, 0.717) is 0 Å². The molecule has 2 aromatic heterocycles. The van der Waals surface area contributed by atoms with Crippen LogP contribution in [0.2, 0.25) is 0 Å². The zero-order valence-electron chi connectivity index (χ0n) is 6.54. The molecule has 0 amide bonds. The molecule has 0 atom stereocenters. The third-order valence-corrected chi connectivity index (χ3v) is 3.69. The van der Waals surface area contributed by atoms with E-state index in [0.717, 1.165) is 14.7 Å². The average Bonchev–Trinajstić information content (AvgIpc) is 2.65. The van der Waals surface area contributed by atoms with Gasteiger partial charge in [0.1, 0.15) is 0 Å². The first-order valence-corrected chi connectivity index (χ1v) is 5.47. The van der Waals surface area contributed by atoms with Gasteiger partial charge in [0.05, 0.1) is 15.5 Å². The number of rotatable bonds is 0. The molecule has 0 spiro atoms. The molecule has 1 N–H and O–H groups in total. The maximum absolute atomic E-state index is 4.03. The van der Waals surface area contributed by atoms with Crippen LogP contribution >= 0.6 is 27.3 Å². The number of thiophene rings is 1. The van der Waals surface area contributed by atoms with Crippen molar-refractivity contribution in [3.8, 4) is 0 Å². The minimum absolute atomic E-state index is 1.12. The SMILES string of the molecule is Brc1cc2c(ccc3cn[nH]c32)s1. The lowest BCUT2D eigenvalue weighted by Crippen LogP contribution is -1.68. The molecule has 13 heavy (non-hydrogen) atoms. The summed E-state index contributed by atoms with van der Waals surface area (Å²) >= 11 is 5.22. The minimum atomic E-state index is 1.12. The summed E-state index contributed by atoms with van der Waals surface area (Å²) in [6.07, 6.45) is 1.85. The highest BCUT2D eigenvalue weighted by atomic mass is 79.9. The first kappa shape index (κ1) is 7.53. The topological polar surface area (TPSA) is 28.7 Å². The van der Waals surface area contributed by atoms with Crippen LogP contribution in [-0.4, -0.2) is 10.2 Å². The molecule has 3 aromatic rings. The van der Waals surface area contributed by atoms with E-state index < -0.39 is 0 Å². The van der Waals surface area contributed by atoms with Crippen molar-refractivity contribution < 1.29 is 0 Å². The van der Waals surface area contributed by atoms with E-state index in [1.165, 1.54) is 10.1 Å². The Hall–Kier alpha value is -0.870. The number of nitrogens with one attached hydrogen (secondary N) is 1. The van der Waals surface area contributed by atoms with Crippen molar-refractivity contribution in [2.45, 2.75) is 0 Å². The van der Waals surface area contributed by atoms with Gasteiger partial charge in [-0.15, -0.1) is 11.3 Å². The van der Waals surface area contributed by atoms with Gasteiger partial charge >= 0.3 is 0 Å². The van der Waals surface area contributed by atoms with Crippen LogP contribution in [0.4, 0.5) is 0 Å². The predicted octanol–water partition coefficient (Wildman–Crippen LogP) is 3.54. The fourth-order valence-corrected chi connectivity index (χ4v) is 3.04. The molecule has 2 nitrogen and oxygen atoms in total. The van der Waals surface area contributed by atoms with E-state index in [1.54, 1.807) is 11.3 Å². The molecule has 2 heterocycles. The van der Waals surface area contributed by atoms with Gasteiger partial charge in [-0.1, -0.05) is 0 Å². The van der Waals surface area contributed by atoms with E-state index in [1.807, 2.05) is 6.20 Å². The highest BCUT2D eigenvalue weighted by Gasteiger charge is 2.04. The van der Waals surface area contributed by atoms with Crippen molar-refractivity contribution in [1.29, 1.82) is 0 Å². The Morgan fingerprint density at radius 3 is 3.23 bits per heavy atom. The monoisotopic (exact) mass is 252 g/mol. The number of benzene rings is 1. The summed E-state index contributed by atoms with van der Waals surface area (Å²) in [7, 11) is 0. The van der Waals surface area contributed by atoms with Crippen LogP contribution in [0.5, 0.6) is 0 Å². The Balaban J connectivity index is 2.64. The maximum atomic E-state index is 4.03. The summed E-state index contributed by atoms with van der Waals surface area (Å²) in [5.41, 5.74) is 1.12. The molecule has 0 aliphatic heterocycles. The Bertz CT molecular complexity index is 581. The van der Waals surface area contributed by atoms with E-state index in [4.69, 9.17) is 0 Å². The van der Waals surface area contributed by atoms with Crippen LogP contribution < -0.4 is 0 Å². The molecular weight excluding hydrogens is 248 g/mol. The lowest BCUT2D eigenvalue weighted by molar-refractivity contribution is 1.12.